The van der Waals surface area contributed by atoms with Gasteiger partial charge in [-0.2, -0.15) is 9.29 Å². The number of benzene rings is 2. The Morgan fingerprint density at radius 2 is 1.59 bits per heavy atom. The first kappa shape index (κ1) is 20.5. The van der Waals surface area contributed by atoms with Crippen molar-refractivity contribution in [3.63, 3.8) is 0 Å². The van der Waals surface area contributed by atoms with Crippen LogP contribution in [-0.4, -0.2) is 40.9 Å². The van der Waals surface area contributed by atoms with E-state index in [-0.39, 0.29) is 5.92 Å². The highest BCUT2D eigenvalue weighted by atomic mass is 32.2. The Bertz CT molecular complexity index is 1290. The molecule has 1 aliphatic rings. The van der Waals surface area contributed by atoms with Crippen molar-refractivity contribution in [2.75, 3.05) is 13.1 Å². The van der Waals surface area contributed by atoms with Gasteiger partial charge in [0.2, 0.25) is 21.7 Å². The van der Waals surface area contributed by atoms with Gasteiger partial charge in [-0.1, -0.05) is 47.6 Å². The second-order valence-electron chi connectivity index (χ2n) is 7.78. The quantitative estimate of drug-likeness (QED) is 0.452. The predicted octanol–water partition coefficient (Wildman–Crippen LogP) is 4.37. The molecule has 3 heterocycles. The van der Waals surface area contributed by atoms with Crippen LogP contribution in [0.25, 0.3) is 22.5 Å². The highest BCUT2D eigenvalue weighted by Gasteiger charge is 2.33. The highest BCUT2D eigenvalue weighted by molar-refractivity contribution is 7.89. The maximum absolute atomic E-state index is 13.3. The summed E-state index contributed by atoms with van der Waals surface area (Å²) in [5.74, 6) is 0.820. The number of piperidine rings is 1. The van der Waals surface area contributed by atoms with Gasteiger partial charge in [0.15, 0.2) is 0 Å². The van der Waals surface area contributed by atoms with Crippen LogP contribution in [0.15, 0.2) is 88.5 Å². The molecule has 5 rings (SSSR count). The fourth-order valence-corrected chi connectivity index (χ4v) is 5.50. The fourth-order valence-electron chi connectivity index (χ4n) is 3.98. The van der Waals surface area contributed by atoms with Crippen LogP contribution in [0.1, 0.15) is 24.7 Å². The number of hydrogen-bond acceptors (Lipinski definition) is 6. The smallest absolute Gasteiger partial charge is 0.243 e. The van der Waals surface area contributed by atoms with E-state index in [4.69, 9.17) is 4.52 Å². The van der Waals surface area contributed by atoms with Gasteiger partial charge < -0.3 is 4.52 Å². The van der Waals surface area contributed by atoms with Gasteiger partial charge in [0.1, 0.15) is 0 Å². The normalized spacial score (nSPS) is 17.3. The van der Waals surface area contributed by atoms with E-state index in [1.54, 1.807) is 24.5 Å². The van der Waals surface area contributed by atoms with Crippen LogP contribution in [0.2, 0.25) is 0 Å². The molecule has 0 amide bonds. The summed E-state index contributed by atoms with van der Waals surface area (Å²) in [6.45, 7) is 0.797. The Hall–Kier alpha value is -3.36. The molecule has 7 nitrogen and oxygen atoms in total. The van der Waals surface area contributed by atoms with Crippen LogP contribution in [0.5, 0.6) is 0 Å². The highest BCUT2D eigenvalue weighted by Crippen LogP contribution is 2.31. The van der Waals surface area contributed by atoms with Crippen LogP contribution >= 0.6 is 0 Å². The minimum atomic E-state index is -3.61. The minimum absolute atomic E-state index is 0.134. The molecule has 32 heavy (non-hydrogen) atoms. The Morgan fingerprint density at radius 1 is 0.875 bits per heavy atom. The number of nitrogens with zero attached hydrogens (tertiary/aromatic N) is 4. The van der Waals surface area contributed by atoms with E-state index in [1.807, 2.05) is 54.6 Å². The van der Waals surface area contributed by atoms with E-state index in [9.17, 15) is 8.42 Å². The van der Waals surface area contributed by atoms with Crippen molar-refractivity contribution in [1.82, 2.24) is 19.4 Å². The Labute approximate surface area is 186 Å². The summed E-state index contributed by atoms with van der Waals surface area (Å²) < 4.78 is 33.6. The van der Waals surface area contributed by atoms with E-state index in [2.05, 4.69) is 15.1 Å². The van der Waals surface area contributed by atoms with Crippen LogP contribution in [0, 0.1) is 0 Å². The van der Waals surface area contributed by atoms with Crippen LogP contribution in [0.3, 0.4) is 0 Å². The molecule has 0 aliphatic carbocycles. The molecule has 1 fully saturated rings. The number of hydrogen-bond donors (Lipinski definition) is 0. The summed E-state index contributed by atoms with van der Waals surface area (Å²) in [7, 11) is -3.61. The van der Waals surface area contributed by atoms with Crippen molar-refractivity contribution >= 4 is 10.0 Å². The topological polar surface area (TPSA) is 89.2 Å². The van der Waals surface area contributed by atoms with Crippen molar-refractivity contribution < 1.29 is 12.9 Å². The Balaban J connectivity index is 1.34. The first-order valence-corrected chi connectivity index (χ1v) is 11.9. The number of rotatable bonds is 5. The van der Waals surface area contributed by atoms with Crippen LogP contribution in [-0.2, 0) is 10.0 Å². The second-order valence-corrected chi connectivity index (χ2v) is 9.72. The lowest BCUT2D eigenvalue weighted by Crippen LogP contribution is -2.39. The summed E-state index contributed by atoms with van der Waals surface area (Å²) in [6.07, 6.45) is 4.88. The summed E-state index contributed by atoms with van der Waals surface area (Å²) in [5.41, 5.74) is 2.85. The number of sulfonamides is 1. The molecule has 1 aliphatic heterocycles. The lowest BCUT2D eigenvalue weighted by Gasteiger charge is -2.30. The zero-order chi connectivity index (χ0) is 22.0. The molecule has 1 unspecified atom stereocenters. The fraction of sp³-hybridized carbons (Fsp3) is 0.208. The lowest BCUT2D eigenvalue weighted by atomic mass is 10.00. The molecule has 2 aromatic carbocycles. The van der Waals surface area contributed by atoms with Gasteiger partial charge in [-0.3, -0.25) is 4.98 Å². The SMILES string of the molecule is O=S(=O)(c1ccc(-c2ccccc2)cc1)N1CCCC(c2nc(-c3ccncc3)no2)C1. The van der Waals surface area contributed by atoms with Gasteiger partial charge in [0, 0.05) is 31.0 Å². The predicted molar refractivity (Wildman–Crippen MR) is 120 cm³/mol. The molecule has 0 bridgehead atoms. The Kier molecular flexibility index (Phi) is 5.55. The minimum Gasteiger partial charge on any atom is -0.339 e. The summed E-state index contributed by atoms with van der Waals surface area (Å²) in [5, 5.41) is 4.06. The van der Waals surface area contributed by atoms with E-state index in [0.717, 1.165) is 29.5 Å². The molecule has 0 radical (unpaired) electrons. The zero-order valence-electron chi connectivity index (χ0n) is 17.3. The maximum atomic E-state index is 13.3. The van der Waals surface area contributed by atoms with E-state index >= 15 is 0 Å². The largest absolute Gasteiger partial charge is 0.339 e. The molecule has 162 valence electrons. The number of aromatic nitrogens is 3. The average Bonchev–Trinajstić information content (AvgIpc) is 3.36. The third-order valence-corrected chi connectivity index (χ3v) is 7.59. The van der Waals surface area contributed by atoms with Crippen molar-refractivity contribution in [2.45, 2.75) is 23.7 Å². The van der Waals surface area contributed by atoms with Gasteiger partial charge in [-0.25, -0.2) is 8.42 Å². The first-order valence-electron chi connectivity index (χ1n) is 10.5. The molecule has 1 saturated heterocycles. The van der Waals surface area contributed by atoms with Crippen LogP contribution in [0.4, 0.5) is 0 Å². The molecule has 0 spiro atoms. The van der Waals surface area contributed by atoms with Crippen molar-refractivity contribution in [3.05, 3.63) is 85.0 Å². The summed E-state index contributed by atoms with van der Waals surface area (Å²) in [6, 6.07) is 20.6. The second kappa shape index (κ2) is 8.64. The van der Waals surface area contributed by atoms with Crippen molar-refractivity contribution in [1.29, 1.82) is 0 Å². The monoisotopic (exact) mass is 446 g/mol. The van der Waals surface area contributed by atoms with Crippen molar-refractivity contribution in [3.8, 4) is 22.5 Å². The molecule has 1 atom stereocenters. The third-order valence-electron chi connectivity index (χ3n) is 5.71. The number of pyridine rings is 1. The maximum Gasteiger partial charge on any atom is 0.243 e. The average molecular weight is 447 g/mol. The van der Waals surface area contributed by atoms with E-state index in [1.165, 1.54) is 4.31 Å². The van der Waals surface area contributed by atoms with Gasteiger partial charge in [-0.05, 0) is 48.2 Å². The standard InChI is InChI=1S/C24H22N4O3S/c29-32(30,22-10-8-19(9-11-22)18-5-2-1-3-6-18)28-16-4-7-21(17-28)24-26-23(27-31-24)20-12-14-25-15-13-20/h1-3,5-6,8-15,21H,4,7,16-17H2. The molecule has 2 aromatic heterocycles. The van der Waals surface area contributed by atoms with Crippen molar-refractivity contribution in [2.24, 2.45) is 0 Å². The third kappa shape index (κ3) is 4.06. The van der Waals surface area contributed by atoms with Gasteiger partial charge in [0.25, 0.3) is 0 Å². The summed E-state index contributed by atoms with van der Waals surface area (Å²) >= 11 is 0. The zero-order valence-corrected chi connectivity index (χ0v) is 18.1. The van der Waals surface area contributed by atoms with E-state index in [0.29, 0.717) is 29.7 Å². The lowest BCUT2D eigenvalue weighted by molar-refractivity contribution is 0.265. The van der Waals surface area contributed by atoms with Crippen LogP contribution < -0.4 is 0 Å². The Morgan fingerprint density at radius 3 is 2.34 bits per heavy atom. The first-order chi connectivity index (χ1) is 15.6. The molecule has 8 heteroatoms. The molecular formula is C24H22N4O3S. The molecule has 4 aromatic rings. The molecule has 0 N–H and O–H groups in total. The molecule has 0 saturated carbocycles. The van der Waals surface area contributed by atoms with Gasteiger partial charge in [0.05, 0.1) is 10.8 Å². The van der Waals surface area contributed by atoms with Gasteiger partial charge >= 0.3 is 0 Å². The summed E-state index contributed by atoms with van der Waals surface area (Å²) in [4.78, 5) is 8.80. The van der Waals surface area contributed by atoms with E-state index < -0.39 is 10.0 Å². The van der Waals surface area contributed by atoms with Gasteiger partial charge in [-0.15, -0.1) is 0 Å². The molecular weight excluding hydrogens is 424 g/mol.